The van der Waals surface area contributed by atoms with Crippen LogP contribution in [0.1, 0.15) is 36.2 Å². The summed E-state index contributed by atoms with van der Waals surface area (Å²) >= 11 is 1.74. The zero-order valence-electron chi connectivity index (χ0n) is 17.4. The molecule has 1 unspecified atom stereocenters. The molecule has 0 amide bonds. The van der Waals surface area contributed by atoms with Gasteiger partial charge in [-0.2, -0.15) is 0 Å². The Kier molecular flexibility index (Phi) is 10.1. The number of morpholine rings is 1. The summed E-state index contributed by atoms with van der Waals surface area (Å²) in [5, 5.41) is 7.72. The van der Waals surface area contributed by atoms with E-state index < -0.39 is 0 Å². The maximum atomic E-state index is 5.60. The van der Waals surface area contributed by atoms with Gasteiger partial charge in [0.05, 0.1) is 25.8 Å². The Bertz CT molecular complexity index is 767. The molecule has 0 bridgehead atoms. The molecular weight excluding hydrogens is 499 g/mol. The van der Waals surface area contributed by atoms with Gasteiger partial charge in [-0.05, 0) is 31.9 Å². The molecule has 1 saturated heterocycles. The first-order valence-electron chi connectivity index (χ1n) is 9.95. The van der Waals surface area contributed by atoms with E-state index in [2.05, 4.69) is 63.4 Å². The minimum atomic E-state index is 0. The maximum absolute atomic E-state index is 5.60. The first-order chi connectivity index (χ1) is 13.7. The summed E-state index contributed by atoms with van der Waals surface area (Å²) < 4.78 is 5.60. The fourth-order valence-corrected chi connectivity index (χ4v) is 3.79. The summed E-state index contributed by atoms with van der Waals surface area (Å²) in [7, 11) is 0. The SMILES string of the molecule is CCNC(=NCc1ccc(N2CCOC(C)C2)nc1)NCc1ncc(CC)s1.I. The number of hydrogen-bond acceptors (Lipinski definition) is 6. The van der Waals surface area contributed by atoms with Crippen LogP contribution in [-0.2, 0) is 24.2 Å². The lowest BCUT2D eigenvalue weighted by atomic mass is 10.2. The molecule has 3 heterocycles. The number of rotatable bonds is 7. The van der Waals surface area contributed by atoms with Crippen LogP contribution in [0.25, 0.3) is 0 Å². The molecular formula is C20H31IN6OS. The number of aromatic nitrogens is 2. The van der Waals surface area contributed by atoms with E-state index >= 15 is 0 Å². The Labute approximate surface area is 194 Å². The van der Waals surface area contributed by atoms with E-state index in [0.717, 1.165) is 55.0 Å². The fourth-order valence-electron chi connectivity index (χ4n) is 2.99. The van der Waals surface area contributed by atoms with Crippen LogP contribution in [0, 0.1) is 0 Å². The van der Waals surface area contributed by atoms with Crippen molar-refractivity contribution in [2.75, 3.05) is 31.1 Å². The van der Waals surface area contributed by atoms with Gasteiger partial charge in [-0.15, -0.1) is 35.3 Å². The Morgan fingerprint density at radius 2 is 2.14 bits per heavy atom. The number of thiazole rings is 1. The van der Waals surface area contributed by atoms with Crippen molar-refractivity contribution in [3.8, 4) is 0 Å². The number of aryl methyl sites for hydroxylation is 1. The van der Waals surface area contributed by atoms with Crippen molar-refractivity contribution in [2.45, 2.75) is 46.4 Å². The second-order valence-electron chi connectivity index (χ2n) is 6.77. The van der Waals surface area contributed by atoms with Crippen molar-refractivity contribution in [2.24, 2.45) is 4.99 Å². The number of nitrogens with one attached hydrogen (secondary N) is 2. The molecule has 0 spiro atoms. The number of anilines is 1. The lowest BCUT2D eigenvalue weighted by Crippen LogP contribution is -2.41. The molecule has 1 fully saturated rings. The van der Waals surface area contributed by atoms with Gasteiger partial charge in [-0.25, -0.2) is 15.0 Å². The van der Waals surface area contributed by atoms with Crippen molar-refractivity contribution >= 4 is 47.1 Å². The molecule has 2 aromatic rings. The van der Waals surface area contributed by atoms with Gasteiger partial charge in [-0.3, -0.25) is 0 Å². The predicted octanol–water partition coefficient (Wildman–Crippen LogP) is 3.20. The van der Waals surface area contributed by atoms with Crippen LogP contribution >= 0.6 is 35.3 Å². The average Bonchev–Trinajstić information content (AvgIpc) is 3.19. The third kappa shape index (κ3) is 7.38. The first kappa shape index (κ1) is 23.8. The van der Waals surface area contributed by atoms with Gasteiger partial charge in [-0.1, -0.05) is 13.0 Å². The number of guanidine groups is 1. The zero-order valence-corrected chi connectivity index (χ0v) is 20.5. The summed E-state index contributed by atoms with van der Waals surface area (Å²) in [5.41, 5.74) is 1.09. The summed E-state index contributed by atoms with van der Waals surface area (Å²) in [5.74, 6) is 1.80. The number of nitrogens with zero attached hydrogens (tertiary/aromatic N) is 4. The molecule has 0 aromatic carbocycles. The van der Waals surface area contributed by atoms with Gasteiger partial charge in [0.2, 0.25) is 0 Å². The van der Waals surface area contributed by atoms with E-state index in [1.165, 1.54) is 4.88 Å². The van der Waals surface area contributed by atoms with Gasteiger partial charge >= 0.3 is 0 Å². The molecule has 29 heavy (non-hydrogen) atoms. The summed E-state index contributed by atoms with van der Waals surface area (Å²) in [4.78, 5) is 17.3. The van der Waals surface area contributed by atoms with Crippen molar-refractivity contribution in [3.63, 3.8) is 0 Å². The second-order valence-corrected chi connectivity index (χ2v) is 7.97. The molecule has 2 aromatic heterocycles. The molecule has 0 aliphatic carbocycles. The van der Waals surface area contributed by atoms with Gasteiger partial charge in [0.25, 0.3) is 0 Å². The lowest BCUT2D eigenvalue weighted by molar-refractivity contribution is 0.0529. The highest BCUT2D eigenvalue weighted by Crippen LogP contribution is 2.16. The largest absolute Gasteiger partial charge is 0.375 e. The summed E-state index contributed by atoms with van der Waals surface area (Å²) in [6.07, 6.45) is 5.14. The average molecular weight is 530 g/mol. The molecule has 160 valence electrons. The van der Waals surface area contributed by atoms with E-state index in [1.807, 2.05) is 12.4 Å². The Balaban J connectivity index is 0.00000300. The monoisotopic (exact) mass is 530 g/mol. The van der Waals surface area contributed by atoms with Crippen LogP contribution in [0.5, 0.6) is 0 Å². The molecule has 0 radical (unpaired) electrons. The van der Waals surface area contributed by atoms with Crippen molar-refractivity contribution in [1.29, 1.82) is 0 Å². The standard InChI is InChI=1S/C20H30N6OS.HI/c1-4-17-12-23-19(28-17)13-25-20(21-5-2)24-11-16-6-7-18(22-10-16)26-8-9-27-15(3)14-26;/h6-7,10,12,15H,4-5,8-9,11,13-14H2,1-3H3,(H2,21,24,25);1H. The first-order valence-corrected chi connectivity index (χ1v) is 10.8. The molecule has 1 aliphatic heterocycles. The lowest BCUT2D eigenvalue weighted by Gasteiger charge is -2.32. The van der Waals surface area contributed by atoms with Gasteiger partial charge < -0.3 is 20.3 Å². The number of pyridine rings is 1. The van der Waals surface area contributed by atoms with Crippen molar-refractivity contribution < 1.29 is 4.74 Å². The van der Waals surface area contributed by atoms with Crippen molar-refractivity contribution in [1.82, 2.24) is 20.6 Å². The number of ether oxygens (including phenoxy) is 1. The van der Waals surface area contributed by atoms with E-state index in [0.29, 0.717) is 13.1 Å². The van der Waals surface area contributed by atoms with Crippen LogP contribution in [0.15, 0.2) is 29.5 Å². The quantitative estimate of drug-likeness (QED) is 0.326. The molecule has 7 nitrogen and oxygen atoms in total. The van der Waals surface area contributed by atoms with Crippen LogP contribution < -0.4 is 15.5 Å². The Morgan fingerprint density at radius 1 is 1.28 bits per heavy atom. The summed E-state index contributed by atoms with van der Waals surface area (Å²) in [6, 6.07) is 4.18. The third-order valence-electron chi connectivity index (χ3n) is 4.50. The second kappa shape index (κ2) is 12.3. The molecule has 0 saturated carbocycles. The normalized spacial score (nSPS) is 17.0. The molecule has 1 aliphatic rings. The highest BCUT2D eigenvalue weighted by Gasteiger charge is 2.17. The van der Waals surface area contributed by atoms with Crippen LogP contribution in [0.4, 0.5) is 5.82 Å². The van der Waals surface area contributed by atoms with Gasteiger partial charge in [0, 0.05) is 36.9 Å². The van der Waals surface area contributed by atoms with Crippen LogP contribution in [0.3, 0.4) is 0 Å². The minimum absolute atomic E-state index is 0. The number of hydrogen-bond donors (Lipinski definition) is 2. The van der Waals surface area contributed by atoms with E-state index in [4.69, 9.17) is 4.74 Å². The van der Waals surface area contributed by atoms with E-state index in [-0.39, 0.29) is 30.1 Å². The topological polar surface area (TPSA) is 74.7 Å². The highest BCUT2D eigenvalue weighted by molar-refractivity contribution is 14.0. The third-order valence-corrected chi connectivity index (χ3v) is 5.64. The fraction of sp³-hybridized carbons (Fsp3) is 0.550. The smallest absolute Gasteiger partial charge is 0.191 e. The maximum Gasteiger partial charge on any atom is 0.191 e. The van der Waals surface area contributed by atoms with Gasteiger partial charge in [0.15, 0.2) is 5.96 Å². The van der Waals surface area contributed by atoms with Crippen LogP contribution in [0.2, 0.25) is 0 Å². The Hall–Kier alpha value is -1.46. The minimum Gasteiger partial charge on any atom is -0.375 e. The van der Waals surface area contributed by atoms with Crippen LogP contribution in [-0.4, -0.2) is 48.3 Å². The number of halogens is 1. The highest BCUT2D eigenvalue weighted by atomic mass is 127. The van der Waals surface area contributed by atoms with Crippen molar-refractivity contribution in [3.05, 3.63) is 40.0 Å². The molecule has 3 rings (SSSR count). The predicted molar refractivity (Wildman–Crippen MR) is 130 cm³/mol. The zero-order chi connectivity index (χ0) is 19.8. The molecule has 9 heteroatoms. The number of aliphatic imine (C=N–C) groups is 1. The molecule has 1 atom stereocenters. The van der Waals surface area contributed by atoms with E-state index in [9.17, 15) is 0 Å². The summed E-state index contributed by atoms with van der Waals surface area (Å²) in [6.45, 7) is 10.9. The van der Waals surface area contributed by atoms with E-state index in [1.54, 1.807) is 11.3 Å². The Morgan fingerprint density at radius 3 is 2.79 bits per heavy atom. The van der Waals surface area contributed by atoms with Gasteiger partial charge in [0.1, 0.15) is 10.8 Å². The molecule has 2 N–H and O–H groups in total.